The fraction of sp³-hybridized carbons (Fsp3) is 0.385. The average molecular weight is 528 g/mol. The third-order valence-electron chi connectivity index (χ3n) is 6.44. The molecule has 1 aliphatic carbocycles. The molecule has 0 atom stereocenters. The molecule has 3 aromatic rings. The van der Waals surface area contributed by atoms with E-state index in [1.807, 2.05) is 12.1 Å². The van der Waals surface area contributed by atoms with E-state index in [0.29, 0.717) is 36.1 Å². The van der Waals surface area contributed by atoms with Crippen LogP contribution in [0, 0.1) is 11.8 Å². The second-order valence-corrected chi connectivity index (χ2v) is 10.7. The molecule has 36 heavy (non-hydrogen) atoms. The van der Waals surface area contributed by atoms with Crippen LogP contribution in [0.5, 0.6) is 0 Å². The van der Waals surface area contributed by atoms with Crippen LogP contribution in [0.3, 0.4) is 0 Å². The quantitative estimate of drug-likeness (QED) is 0.373. The third kappa shape index (κ3) is 6.00. The Balaban J connectivity index is 1.58. The van der Waals surface area contributed by atoms with E-state index in [-0.39, 0.29) is 22.6 Å². The zero-order chi connectivity index (χ0) is 25.7. The number of anilines is 2. The van der Waals surface area contributed by atoms with Crippen molar-refractivity contribution in [3.05, 3.63) is 51.8 Å². The zero-order valence-electron chi connectivity index (χ0n) is 20.2. The van der Waals surface area contributed by atoms with Crippen molar-refractivity contribution < 1.29 is 24.2 Å². The summed E-state index contributed by atoms with van der Waals surface area (Å²) in [6.45, 7) is 2.80. The molecule has 1 fully saturated rings. The Kier molecular flexibility index (Phi) is 8.50. The van der Waals surface area contributed by atoms with Crippen molar-refractivity contribution in [2.45, 2.75) is 32.6 Å². The third-order valence-corrected chi connectivity index (χ3v) is 8.19. The molecule has 2 N–H and O–H groups in total. The van der Waals surface area contributed by atoms with Crippen LogP contribution in [-0.2, 0) is 9.53 Å². The fourth-order valence-electron chi connectivity index (χ4n) is 4.37. The molecular weight excluding hydrogens is 498 g/mol. The lowest BCUT2D eigenvalue weighted by atomic mass is 9.82. The molecule has 2 aromatic heterocycles. The van der Waals surface area contributed by atoms with E-state index in [1.165, 1.54) is 11.3 Å². The first kappa shape index (κ1) is 26.0. The first-order valence-corrected chi connectivity index (χ1v) is 13.6. The highest BCUT2D eigenvalue weighted by Crippen LogP contribution is 2.39. The lowest BCUT2D eigenvalue weighted by molar-refractivity contribution is -0.123. The summed E-state index contributed by atoms with van der Waals surface area (Å²) in [6, 6.07) is 8.94. The van der Waals surface area contributed by atoms with Gasteiger partial charge in [0.25, 0.3) is 5.91 Å². The van der Waals surface area contributed by atoms with E-state index in [9.17, 15) is 19.5 Å². The van der Waals surface area contributed by atoms with Gasteiger partial charge in [0.1, 0.15) is 10.6 Å². The smallest absolute Gasteiger partial charge is 0.348 e. The second kappa shape index (κ2) is 11.8. The van der Waals surface area contributed by atoms with Gasteiger partial charge in [-0.15, -0.1) is 22.7 Å². The number of benzene rings is 1. The van der Waals surface area contributed by atoms with Crippen molar-refractivity contribution in [3.8, 4) is 10.4 Å². The number of amides is 2. The Morgan fingerprint density at radius 2 is 1.89 bits per heavy atom. The summed E-state index contributed by atoms with van der Waals surface area (Å²) in [5.41, 5.74) is 3.76. The second-order valence-electron chi connectivity index (χ2n) is 8.97. The van der Waals surface area contributed by atoms with Crippen LogP contribution in [0.15, 0.2) is 41.2 Å². The molecule has 4 rings (SSSR count). The number of methoxy groups -OCH3 is 1. The van der Waals surface area contributed by atoms with Gasteiger partial charge in [0.15, 0.2) is 0 Å². The van der Waals surface area contributed by atoms with Gasteiger partial charge in [-0.3, -0.25) is 9.59 Å². The monoisotopic (exact) mass is 527 g/mol. The number of rotatable bonds is 9. The van der Waals surface area contributed by atoms with Crippen molar-refractivity contribution in [2.75, 3.05) is 30.5 Å². The Morgan fingerprint density at radius 1 is 1.17 bits per heavy atom. The van der Waals surface area contributed by atoms with Gasteiger partial charge >= 0.3 is 5.97 Å². The first-order chi connectivity index (χ1) is 17.4. The number of aromatic nitrogens is 1. The molecule has 190 valence electrons. The largest absolute Gasteiger partial charge is 0.477 e. The lowest BCUT2D eigenvalue weighted by Crippen LogP contribution is -2.40. The molecule has 0 saturated heterocycles. The number of nitrogens with zero attached hydrogens (tertiary/aromatic N) is 2. The molecule has 8 nitrogen and oxygen atoms in total. The average Bonchev–Trinajstić information content (AvgIpc) is 3.56. The van der Waals surface area contributed by atoms with Crippen molar-refractivity contribution in [2.24, 2.45) is 11.8 Å². The van der Waals surface area contributed by atoms with E-state index < -0.39 is 5.97 Å². The molecule has 2 heterocycles. The number of carboxylic acids is 1. The summed E-state index contributed by atoms with van der Waals surface area (Å²) in [7, 11) is 1.57. The molecule has 10 heteroatoms. The summed E-state index contributed by atoms with van der Waals surface area (Å²) in [6.07, 6.45) is 3.63. The summed E-state index contributed by atoms with van der Waals surface area (Å²) < 4.78 is 5.24. The highest BCUT2D eigenvalue weighted by atomic mass is 32.1. The van der Waals surface area contributed by atoms with Crippen LogP contribution in [0.2, 0.25) is 0 Å². The normalized spacial score (nSPS) is 17.5. The van der Waals surface area contributed by atoms with Crippen LogP contribution in [0.25, 0.3) is 10.4 Å². The Bertz CT molecular complexity index is 1200. The van der Waals surface area contributed by atoms with E-state index in [2.05, 4.69) is 17.2 Å². The van der Waals surface area contributed by atoms with Crippen molar-refractivity contribution in [1.29, 1.82) is 0 Å². The maximum Gasteiger partial charge on any atom is 0.348 e. The van der Waals surface area contributed by atoms with E-state index in [1.54, 1.807) is 41.1 Å². The minimum atomic E-state index is -1.07. The Morgan fingerprint density at radius 3 is 2.50 bits per heavy atom. The van der Waals surface area contributed by atoms with Crippen LogP contribution >= 0.6 is 22.7 Å². The molecule has 2 amide bonds. The number of carbonyl (C=O) groups is 3. The standard InChI is InChI=1S/C26H29N3O5S2/c1-16-3-5-18(6-4-16)25(31)29(11-12-34-2)21-13-22(36-23(21)26(32)33)17-7-9-19(10-8-17)28-24(30)20-14-35-15-27-20/h7-10,13-16,18H,3-6,11-12H2,1-2H3,(H,28,30)(H,32,33). The summed E-state index contributed by atoms with van der Waals surface area (Å²) in [4.78, 5) is 44.4. The van der Waals surface area contributed by atoms with Crippen LogP contribution in [0.1, 0.15) is 52.8 Å². The maximum absolute atomic E-state index is 13.5. The van der Waals surface area contributed by atoms with Crippen molar-refractivity contribution >= 4 is 51.8 Å². The van der Waals surface area contributed by atoms with E-state index in [4.69, 9.17) is 4.74 Å². The Labute approximate surface area is 217 Å². The van der Waals surface area contributed by atoms with Gasteiger partial charge in [-0.2, -0.15) is 0 Å². The number of carboxylic acid groups (broad SMARTS) is 1. The summed E-state index contributed by atoms with van der Waals surface area (Å²) in [5.74, 6) is -0.895. The number of ether oxygens (including phenoxy) is 1. The summed E-state index contributed by atoms with van der Waals surface area (Å²) >= 11 is 2.48. The summed E-state index contributed by atoms with van der Waals surface area (Å²) in [5, 5.41) is 14.4. The molecule has 0 bridgehead atoms. The van der Waals surface area contributed by atoms with E-state index in [0.717, 1.165) is 47.5 Å². The molecule has 1 aliphatic rings. The molecular formula is C26H29N3O5S2. The number of hydrogen-bond acceptors (Lipinski definition) is 7. The predicted molar refractivity (Wildman–Crippen MR) is 142 cm³/mol. The number of aromatic carboxylic acids is 1. The SMILES string of the molecule is COCCN(C(=O)C1CCC(C)CC1)c1cc(-c2ccc(NC(=O)c3cscn3)cc2)sc1C(=O)O. The van der Waals surface area contributed by atoms with Gasteiger partial charge in [0.2, 0.25) is 5.91 Å². The molecule has 1 saturated carbocycles. The van der Waals surface area contributed by atoms with Crippen LogP contribution in [-0.4, -0.2) is 48.1 Å². The Hall–Kier alpha value is -3.08. The van der Waals surface area contributed by atoms with Gasteiger partial charge in [-0.1, -0.05) is 19.1 Å². The topological polar surface area (TPSA) is 109 Å². The highest BCUT2D eigenvalue weighted by molar-refractivity contribution is 7.18. The van der Waals surface area contributed by atoms with Gasteiger partial charge in [-0.25, -0.2) is 9.78 Å². The number of thiophene rings is 1. The fourth-order valence-corrected chi connectivity index (χ4v) is 5.91. The number of hydrogen-bond donors (Lipinski definition) is 2. The van der Waals surface area contributed by atoms with Gasteiger partial charge in [-0.05, 0) is 55.4 Å². The van der Waals surface area contributed by atoms with E-state index >= 15 is 0 Å². The zero-order valence-corrected chi connectivity index (χ0v) is 21.9. The number of thiazole rings is 1. The predicted octanol–water partition coefficient (Wildman–Crippen LogP) is 5.63. The molecule has 0 radical (unpaired) electrons. The van der Waals surface area contributed by atoms with Gasteiger partial charge in [0, 0.05) is 35.5 Å². The van der Waals surface area contributed by atoms with Gasteiger partial charge < -0.3 is 20.1 Å². The molecule has 0 spiro atoms. The lowest BCUT2D eigenvalue weighted by Gasteiger charge is -2.31. The first-order valence-electron chi connectivity index (χ1n) is 11.8. The van der Waals surface area contributed by atoms with Crippen LogP contribution in [0.4, 0.5) is 11.4 Å². The minimum absolute atomic E-state index is 0.0362. The minimum Gasteiger partial charge on any atom is -0.477 e. The van der Waals surface area contributed by atoms with Crippen molar-refractivity contribution in [3.63, 3.8) is 0 Å². The van der Waals surface area contributed by atoms with Crippen LogP contribution < -0.4 is 10.2 Å². The highest BCUT2D eigenvalue weighted by Gasteiger charge is 2.32. The maximum atomic E-state index is 13.5. The molecule has 0 aliphatic heterocycles. The van der Waals surface area contributed by atoms with Gasteiger partial charge in [0.05, 0.1) is 17.8 Å². The van der Waals surface area contributed by atoms with Crippen molar-refractivity contribution in [1.82, 2.24) is 4.98 Å². The number of carbonyl (C=O) groups excluding carboxylic acids is 2. The molecule has 1 aromatic carbocycles. The number of nitrogens with one attached hydrogen (secondary N) is 1. The molecule has 0 unspecified atom stereocenters.